The number of halogens is 2. The molecule has 2 aromatic rings. The Bertz CT molecular complexity index is 902. The molecule has 1 aliphatic heterocycles. The number of nitrogens with one attached hydrogen (secondary N) is 1. The molecule has 0 radical (unpaired) electrons. The SMILES string of the molecule is COCCNCCC1=Nc2nccc(/C(Cc3ccc(F)c(Cl)c3)=N/O)c2C1. The van der Waals surface area contributed by atoms with Crippen molar-refractivity contribution in [2.75, 3.05) is 26.8 Å². The van der Waals surface area contributed by atoms with Crippen LogP contribution in [0.25, 0.3) is 0 Å². The van der Waals surface area contributed by atoms with Crippen molar-refractivity contribution >= 4 is 28.8 Å². The van der Waals surface area contributed by atoms with E-state index in [-0.39, 0.29) is 5.02 Å². The van der Waals surface area contributed by atoms with Gasteiger partial charge in [0, 0.05) is 56.1 Å². The molecule has 1 aromatic heterocycles. The van der Waals surface area contributed by atoms with E-state index in [4.69, 9.17) is 16.3 Å². The molecule has 28 heavy (non-hydrogen) atoms. The van der Waals surface area contributed by atoms with Crippen LogP contribution in [0.5, 0.6) is 0 Å². The molecule has 0 amide bonds. The smallest absolute Gasteiger partial charge is 0.155 e. The molecule has 0 aliphatic carbocycles. The first-order valence-corrected chi connectivity index (χ1v) is 9.39. The van der Waals surface area contributed by atoms with E-state index in [9.17, 15) is 9.60 Å². The molecule has 0 spiro atoms. The number of pyridine rings is 1. The largest absolute Gasteiger partial charge is 0.411 e. The van der Waals surface area contributed by atoms with E-state index in [2.05, 4.69) is 20.4 Å². The second-order valence-corrected chi connectivity index (χ2v) is 6.89. The lowest BCUT2D eigenvalue weighted by molar-refractivity contribution is 0.200. The van der Waals surface area contributed by atoms with Gasteiger partial charge in [0.1, 0.15) is 5.82 Å². The summed E-state index contributed by atoms with van der Waals surface area (Å²) in [6, 6.07) is 6.29. The Kier molecular flexibility index (Phi) is 7.08. The number of aromatic nitrogens is 1. The Morgan fingerprint density at radius 1 is 1.36 bits per heavy atom. The first-order chi connectivity index (χ1) is 13.6. The molecule has 0 atom stereocenters. The number of nitrogens with zero attached hydrogens (tertiary/aromatic N) is 3. The second-order valence-electron chi connectivity index (χ2n) is 6.48. The number of methoxy groups -OCH3 is 1. The van der Waals surface area contributed by atoms with E-state index in [1.54, 1.807) is 19.4 Å². The molecule has 148 valence electrons. The molecule has 1 aliphatic rings. The Balaban J connectivity index is 1.70. The van der Waals surface area contributed by atoms with Crippen LogP contribution >= 0.6 is 11.6 Å². The summed E-state index contributed by atoms with van der Waals surface area (Å²) < 4.78 is 18.4. The van der Waals surface area contributed by atoms with E-state index in [0.717, 1.165) is 41.9 Å². The Morgan fingerprint density at radius 3 is 2.96 bits per heavy atom. The molecule has 0 unspecified atom stereocenters. The molecule has 2 heterocycles. The van der Waals surface area contributed by atoms with E-state index >= 15 is 0 Å². The summed E-state index contributed by atoms with van der Waals surface area (Å²) in [5, 5.41) is 16.4. The third-order valence-electron chi connectivity index (χ3n) is 4.54. The van der Waals surface area contributed by atoms with Gasteiger partial charge >= 0.3 is 0 Å². The van der Waals surface area contributed by atoms with Crippen LogP contribution in [0.1, 0.15) is 23.1 Å². The summed E-state index contributed by atoms with van der Waals surface area (Å²) >= 11 is 5.86. The van der Waals surface area contributed by atoms with E-state index < -0.39 is 5.82 Å². The summed E-state index contributed by atoms with van der Waals surface area (Å²) in [6.07, 6.45) is 3.44. The molecular formula is C20H22ClFN4O2. The summed E-state index contributed by atoms with van der Waals surface area (Å²) in [4.78, 5) is 8.95. The molecule has 8 heteroatoms. The fraction of sp³-hybridized carbons (Fsp3) is 0.350. The summed E-state index contributed by atoms with van der Waals surface area (Å²) in [6.45, 7) is 2.27. The normalized spacial score (nSPS) is 13.5. The highest BCUT2D eigenvalue weighted by Gasteiger charge is 2.22. The first-order valence-electron chi connectivity index (χ1n) is 9.01. The standard InChI is InChI=1S/C20H22ClFN4O2/c1-28-9-8-23-6-4-14-12-16-15(5-7-24-20(16)25-14)19(26-27)11-13-2-3-18(22)17(21)10-13/h2-3,5,7,10,23,27H,4,6,8-9,11-12H2,1H3/b26-19+. The zero-order chi connectivity index (χ0) is 19.9. The third kappa shape index (κ3) is 4.92. The van der Waals surface area contributed by atoms with Gasteiger partial charge in [0.25, 0.3) is 0 Å². The van der Waals surface area contributed by atoms with Crippen molar-refractivity contribution in [2.24, 2.45) is 10.1 Å². The zero-order valence-corrected chi connectivity index (χ0v) is 16.3. The number of aliphatic imine (C=N–C) groups is 1. The molecule has 1 aromatic carbocycles. The van der Waals surface area contributed by atoms with E-state index in [1.165, 1.54) is 12.1 Å². The molecule has 3 rings (SSSR count). The van der Waals surface area contributed by atoms with Crippen LogP contribution in [0.2, 0.25) is 5.02 Å². The zero-order valence-electron chi connectivity index (χ0n) is 15.6. The minimum absolute atomic E-state index is 0.0429. The van der Waals surface area contributed by atoms with Crippen LogP contribution in [-0.4, -0.2) is 48.4 Å². The van der Waals surface area contributed by atoms with Crippen LogP contribution < -0.4 is 5.32 Å². The summed E-state index contributed by atoms with van der Waals surface area (Å²) in [7, 11) is 1.67. The number of rotatable bonds is 9. The van der Waals surface area contributed by atoms with Gasteiger partial charge in [0.05, 0.1) is 17.3 Å². The van der Waals surface area contributed by atoms with Gasteiger partial charge in [-0.05, 0) is 30.2 Å². The quantitative estimate of drug-likeness (QED) is 0.290. The lowest BCUT2D eigenvalue weighted by atomic mass is 9.96. The Morgan fingerprint density at radius 2 is 2.21 bits per heavy atom. The van der Waals surface area contributed by atoms with Crippen molar-refractivity contribution < 1.29 is 14.3 Å². The maximum Gasteiger partial charge on any atom is 0.155 e. The fourth-order valence-corrected chi connectivity index (χ4v) is 3.32. The number of hydrogen-bond acceptors (Lipinski definition) is 6. The van der Waals surface area contributed by atoms with Gasteiger partial charge in [-0.15, -0.1) is 0 Å². The van der Waals surface area contributed by atoms with Gasteiger partial charge in [0.15, 0.2) is 5.82 Å². The van der Waals surface area contributed by atoms with Gasteiger partial charge in [-0.25, -0.2) is 14.4 Å². The highest BCUT2D eigenvalue weighted by molar-refractivity contribution is 6.30. The highest BCUT2D eigenvalue weighted by Crippen LogP contribution is 2.29. The van der Waals surface area contributed by atoms with Gasteiger partial charge < -0.3 is 15.3 Å². The number of oxime groups is 1. The van der Waals surface area contributed by atoms with Crippen molar-refractivity contribution in [3.05, 3.63) is 58.0 Å². The van der Waals surface area contributed by atoms with Crippen LogP contribution in [0.15, 0.2) is 40.6 Å². The van der Waals surface area contributed by atoms with E-state index in [0.29, 0.717) is 31.0 Å². The molecule has 0 saturated heterocycles. The lowest BCUT2D eigenvalue weighted by Gasteiger charge is -2.10. The first kappa shape index (κ1) is 20.4. The van der Waals surface area contributed by atoms with Crippen molar-refractivity contribution in [3.63, 3.8) is 0 Å². The predicted molar refractivity (Wildman–Crippen MR) is 108 cm³/mol. The van der Waals surface area contributed by atoms with Crippen molar-refractivity contribution in [1.29, 1.82) is 0 Å². The molecule has 6 nitrogen and oxygen atoms in total. The van der Waals surface area contributed by atoms with E-state index in [1.807, 2.05) is 6.07 Å². The van der Waals surface area contributed by atoms with Crippen LogP contribution in [0.4, 0.5) is 10.2 Å². The molecule has 0 saturated carbocycles. The molecule has 0 fully saturated rings. The minimum Gasteiger partial charge on any atom is -0.411 e. The molecular weight excluding hydrogens is 383 g/mol. The highest BCUT2D eigenvalue weighted by atomic mass is 35.5. The maximum atomic E-state index is 13.4. The third-order valence-corrected chi connectivity index (χ3v) is 4.83. The van der Waals surface area contributed by atoms with Gasteiger partial charge in [-0.2, -0.15) is 0 Å². The molecule has 2 N–H and O–H groups in total. The van der Waals surface area contributed by atoms with Gasteiger partial charge in [-0.1, -0.05) is 22.8 Å². The van der Waals surface area contributed by atoms with Crippen LogP contribution in [0.3, 0.4) is 0 Å². The fourth-order valence-electron chi connectivity index (χ4n) is 3.12. The van der Waals surface area contributed by atoms with Crippen LogP contribution in [0, 0.1) is 5.82 Å². The number of benzene rings is 1. The maximum absolute atomic E-state index is 13.4. The number of hydrogen-bond donors (Lipinski definition) is 2. The second kappa shape index (κ2) is 9.73. The van der Waals surface area contributed by atoms with Crippen molar-refractivity contribution in [1.82, 2.24) is 10.3 Å². The monoisotopic (exact) mass is 404 g/mol. The average molecular weight is 405 g/mol. The van der Waals surface area contributed by atoms with Crippen LogP contribution in [-0.2, 0) is 17.6 Å². The number of ether oxygens (including phenoxy) is 1. The summed E-state index contributed by atoms with van der Waals surface area (Å²) in [5.41, 5.74) is 3.98. The number of fused-ring (bicyclic) bond motifs is 1. The predicted octanol–water partition coefficient (Wildman–Crippen LogP) is 3.55. The summed E-state index contributed by atoms with van der Waals surface area (Å²) in [5.74, 6) is 0.178. The van der Waals surface area contributed by atoms with Gasteiger partial charge in [0.2, 0.25) is 0 Å². The topological polar surface area (TPSA) is 79.1 Å². The van der Waals surface area contributed by atoms with Crippen molar-refractivity contribution in [2.45, 2.75) is 19.3 Å². The Labute approximate surface area is 168 Å². The lowest BCUT2D eigenvalue weighted by Crippen LogP contribution is -2.22. The van der Waals surface area contributed by atoms with Crippen molar-refractivity contribution in [3.8, 4) is 0 Å². The average Bonchev–Trinajstić information content (AvgIpc) is 3.12. The Hall–Kier alpha value is -2.35. The van der Waals surface area contributed by atoms with Gasteiger partial charge in [-0.3, -0.25) is 0 Å². The minimum atomic E-state index is -0.477. The molecule has 0 bridgehead atoms.